The fraction of sp³-hybridized carbons (Fsp3) is 0.214. The Hall–Kier alpha value is -4.66. The van der Waals surface area contributed by atoms with Gasteiger partial charge < -0.3 is 25.2 Å². The Morgan fingerprint density at radius 3 is 2.38 bits per heavy atom. The maximum atomic E-state index is 13.1. The van der Waals surface area contributed by atoms with Crippen molar-refractivity contribution in [2.45, 2.75) is 6.42 Å². The molecule has 0 atom stereocenters. The fourth-order valence-electron chi connectivity index (χ4n) is 3.97. The number of rotatable bonds is 8. The van der Waals surface area contributed by atoms with E-state index < -0.39 is 5.97 Å². The number of nitrogens with zero attached hydrogens (tertiary/aromatic N) is 3. The molecule has 1 aliphatic heterocycles. The number of benzene rings is 2. The number of pyridine rings is 1. The van der Waals surface area contributed by atoms with Gasteiger partial charge in [0.2, 0.25) is 5.91 Å². The van der Waals surface area contributed by atoms with E-state index in [9.17, 15) is 14.4 Å². The summed E-state index contributed by atoms with van der Waals surface area (Å²) in [6.45, 7) is 0.598. The third kappa shape index (κ3) is 5.61. The molecule has 0 radical (unpaired) electrons. The highest BCUT2D eigenvalue weighted by atomic mass is 16.5. The third-order valence-corrected chi connectivity index (χ3v) is 6.09. The number of ether oxygens (including phenoxy) is 1. The van der Waals surface area contributed by atoms with Crippen LogP contribution in [0, 0.1) is 0 Å². The van der Waals surface area contributed by atoms with Crippen LogP contribution in [0.1, 0.15) is 28.0 Å². The number of esters is 1. The lowest BCUT2D eigenvalue weighted by Gasteiger charge is -2.21. The molecule has 0 aliphatic carbocycles. The van der Waals surface area contributed by atoms with E-state index in [4.69, 9.17) is 4.74 Å². The molecule has 0 spiro atoms. The lowest BCUT2D eigenvalue weighted by molar-refractivity contribution is -0.128. The second-order valence-corrected chi connectivity index (χ2v) is 8.81. The monoisotopic (exact) mass is 499 g/mol. The van der Waals surface area contributed by atoms with Crippen molar-refractivity contribution in [3.05, 3.63) is 83.7 Å². The van der Waals surface area contributed by atoms with E-state index in [-0.39, 0.29) is 17.5 Å². The van der Waals surface area contributed by atoms with Crippen LogP contribution in [0.25, 0.3) is 11.3 Å². The van der Waals surface area contributed by atoms with E-state index in [0.717, 1.165) is 16.9 Å². The smallest absolute Gasteiger partial charge is 0.356 e. The number of aromatic nitrogens is 1. The molecule has 0 bridgehead atoms. The lowest BCUT2D eigenvalue weighted by atomic mass is 10.0. The summed E-state index contributed by atoms with van der Waals surface area (Å²) < 4.78 is 4.75. The molecule has 0 fully saturated rings. The Labute approximate surface area is 215 Å². The summed E-state index contributed by atoms with van der Waals surface area (Å²) in [6.07, 6.45) is 1.93. The van der Waals surface area contributed by atoms with Crippen LogP contribution in [0.5, 0.6) is 0 Å². The summed E-state index contributed by atoms with van der Waals surface area (Å²) in [5.41, 5.74) is 4.81. The van der Waals surface area contributed by atoms with Crippen LogP contribution in [0.2, 0.25) is 0 Å². The minimum absolute atomic E-state index is 0.0765. The number of methoxy groups -OCH3 is 1. The van der Waals surface area contributed by atoms with Gasteiger partial charge >= 0.3 is 5.97 Å². The van der Waals surface area contributed by atoms with Crippen molar-refractivity contribution < 1.29 is 19.1 Å². The molecular formula is C28H29N5O4. The SMILES string of the molecule is COC(=O)c1cc2c(cn1)/C(=C(/Nc1ccc(N(C)CCC(=O)N(C)C)cc1)c1ccccc1)C(=O)N2. The molecule has 4 rings (SSSR count). The average molecular weight is 500 g/mol. The molecule has 190 valence electrons. The summed E-state index contributed by atoms with van der Waals surface area (Å²) in [6, 6.07) is 18.8. The molecule has 2 aromatic carbocycles. The van der Waals surface area contributed by atoms with Crippen molar-refractivity contribution >= 4 is 46.1 Å². The molecule has 37 heavy (non-hydrogen) atoms. The zero-order chi connectivity index (χ0) is 26.5. The van der Waals surface area contributed by atoms with Crippen LogP contribution in [0.4, 0.5) is 17.1 Å². The van der Waals surface area contributed by atoms with Crippen LogP contribution in [0.3, 0.4) is 0 Å². The van der Waals surface area contributed by atoms with E-state index in [2.05, 4.69) is 15.6 Å². The van der Waals surface area contributed by atoms with E-state index in [0.29, 0.717) is 35.5 Å². The molecule has 1 aromatic heterocycles. The number of anilines is 3. The second kappa shape index (κ2) is 10.9. The molecule has 2 heterocycles. The van der Waals surface area contributed by atoms with Crippen LogP contribution in [-0.2, 0) is 14.3 Å². The average Bonchev–Trinajstić information content (AvgIpc) is 3.24. The number of fused-ring (bicyclic) bond motifs is 1. The Balaban J connectivity index is 1.65. The van der Waals surface area contributed by atoms with E-state index in [1.807, 2.05) is 66.5 Å². The zero-order valence-corrected chi connectivity index (χ0v) is 21.2. The quantitative estimate of drug-likeness (QED) is 0.360. The maximum Gasteiger partial charge on any atom is 0.356 e. The first-order valence-electron chi connectivity index (χ1n) is 11.8. The van der Waals surface area contributed by atoms with Gasteiger partial charge in [0.25, 0.3) is 5.91 Å². The Kier molecular flexibility index (Phi) is 7.52. The first kappa shape index (κ1) is 25.4. The third-order valence-electron chi connectivity index (χ3n) is 6.09. The molecule has 0 saturated heterocycles. The molecule has 0 unspecified atom stereocenters. The lowest BCUT2D eigenvalue weighted by Crippen LogP contribution is -2.27. The van der Waals surface area contributed by atoms with Crippen molar-refractivity contribution in [1.29, 1.82) is 0 Å². The van der Waals surface area contributed by atoms with Gasteiger partial charge in [-0.25, -0.2) is 9.78 Å². The molecule has 2 amide bonds. The Bertz CT molecular complexity index is 1350. The summed E-state index contributed by atoms with van der Waals surface area (Å²) in [5.74, 6) is -0.799. The molecule has 1 aliphatic rings. The minimum Gasteiger partial charge on any atom is -0.464 e. The number of amides is 2. The van der Waals surface area contributed by atoms with Gasteiger partial charge in [0.15, 0.2) is 0 Å². The van der Waals surface area contributed by atoms with Crippen molar-refractivity contribution in [1.82, 2.24) is 9.88 Å². The van der Waals surface area contributed by atoms with E-state index in [1.54, 1.807) is 19.0 Å². The predicted octanol–water partition coefficient (Wildman–Crippen LogP) is 3.72. The van der Waals surface area contributed by atoms with Crippen molar-refractivity contribution in [3.8, 4) is 0 Å². The number of hydrogen-bond acceptors (Lipinski definition) is 7. The highest BCUT2D eigenvalue weighted by molar-refractivity contribution is 6.37. The number of carbonyl (C=O) groups excluding carboxylic acids is 3. The molecule has 9 heteroatoms. The van der Waals surface area contributed by atoms with E-state index >= 15 is 0 Å². The molecule has 0 saturated carbocycles. The largest absolute Gasteiger partial charge is 0.464 e. The van der Waals surface area contributed by atoms with Gasteiger partial charge in [0, 0.05) is 57.2 Å². The number of carbonyl (C=O) groups is 3. The topological polar surface area (TPSA) is 104 Å². The van der Waals surface area contributed by atoms with Crippen molar-refractivity contribution in [2.75, 3.05) is 50.3 Å². The van der Waals surface area contributed by atoms with Gasteiger partial charge in [-0.3, -0.25) is 9.59 Å². The zero-order valence-electron chi connectivity index (χ0n) is 21.2. The normalized spacial score (nSPS) is 13.4. The van der Waals surface area contributed by atoms with Crippen molar-refractivity contribution in [2.24, 2.45) is 0 Å². The second-order valence-electron chi connectivity index (χ2n) is 8.81. The summed E-state index contributed by atoms with van der Waals surface area (Å²) in [5, 5.41) is 6.24. The van der Waals surface area contributed by atoms with Crippen molar-refractivity contribution in [3.63, 3.8) is 0 Å². The highest BCUT2D eigenvalue weighted by Crippen LogP contribution is 2.37. The van der Waals surface area contributed by atoms with Gasteiger partial charge in [0.1, 0.15) is 5.69 Å². The van der Waals surface area contributed by atoms with Gasteiger partial charge in [-0.05, 0) is 35.9 Å². The van der Waals surface area contributed by atoms with Gasteiger partial charge in [0.05, 0.1) is 24.1 Å². The van der Waals surface area contributed by atoms with Gasteiger partial charge in [-0.2, -0.15) is 0 Å². The molecule has 3 aromatic rings. The number of hydrogen-bond donors (Lipinski definition) is 2. The van der Waals surface area contributed by atoms with Crippen LogP contribution in [0.15, 0.2) is 66.9 Å². The maximum absolute atomic E-state index is 13.1. The highest BCUT2D eigenvalue weighted by Gasteiger charge is 2.30. The minimum atomic E-state index is -0.577. The number of nitrogens with one attached hydrogen (secondary N) is 2. The van der Waals surface area contributed by atoms with E-state index in [1.165, 1.54) is 19.4 Å². The van der Waals surface area contributed by atoms with Crippen LogP contribution >= 0.6 is 0 Å². The van der Waals surface area contributed by atoms with Crippen LogP contribution < -0.4 is 15.5 Å². The summed E-state index contributed by atoms with van der Waals surface area (Å²) >= 11 is 0. The summed E-state index contributed by atoms with van der Waals surface area (Å²) in [7, 11) is 6.72. The first-order valence-corrected chi connectivity index (χ1v) is 11.8. The van der Waals surface area contributed by atoms with Gasteiger partial charge in [-0.15, -0.1) is 0 Å². The van der Waals surface area contributed by atoms with Gasteiger partial charge in [-0.1, -0.05) is 30.3 Å². The fourth-order valence-corrected chi connectivity index (χ4v) is 3.97. The molecular weight excluding hydrogens is 470 g/mol. The first-order chi connectivity index (χ1) is 17.8. The Morgan fingerprint density at radius 1 is 1.03 bits per heavy atom. The van der Waals surface area contributed by atoms with Crippen LogP contribution in [-0.4, -0.2) is 62.5 Å². The molecule has 9 nitrogen and oxygen atoms in total. The molecule has 2 N–H and O–H groups in total. The predicted molar refractivity (Wildman–Crippen MR) is 144 cm³/mol. The Morgan fingerprint density at radius 2 is 1.73 bits per heavy atom. The summed E-state index contributed by atoms with van der Waals surface area (Å²) in [4.78, 5) is 44.7. The standard InChI is InChI=1S/C28H29N5O4/c1-32(2)24(34)14-15-33(3)20-12-10-19(11-13-20)30-26(18-8-6-5-7-9-18)25-21-17-29-23(28(36)37-4)16-22(21)31-27(25)35/h5-13,16-17,30H,14-15H2,1-4H3,(H,31,35)/b26-25-.